The first-order valence-electron chi connectivity index (χ1n) is 14.7. The van der Waals surface area contributed by atoms with Gasteiger partial charge in [-0.2, -0.15) is 0 Å². The van der Waals surface area contributed by atoms with Crippen LogP contribution in [0.15, 0.2) is 36.4 Å². The topological polar surface area (TPSA) is 71.3 Å². The molecule has 2 N–H and O–H groups in total. The molecule has 2 saturated heterocycles. The molecule has 2 aromatic rings. The van der Waals surface area contributed by atoms with Gasteiger partial charge in [-0.25, -0.2) is 0 Å². The van der Waals surface area contributed by atoms with Crippen LogP contribution in [-0.2, 0) is 24.2 Å². The molecule has 1 amide bonds. The van der Waals surface area contributed by atoms with Crippen LogP contribution in [0.5, 0.6) is 11.5 Å². The van der Waals surface area contributed by atoms with E-state index >= 15 is 0 Å². The summed E-state index contributed by atoms with van der Waals surface area (Å²) in [6, 6.07) is 12.9. The number of likely N-dealkylation sites (N-methyl/N-ethyl adjacent to an activating group) is 1. The number of primary amides is 1. The number of carbonyl (C=O) groups is 1. The molecule has 0 aliphatic carbocycles. The van der Waals surface area contributed by atoms with Gasteiger partial charge in [0.05, 0.1) is 20.1 Å². The summed E-state index contributed by atoms with van der Waals surface area (Å²) in [7, 11) is 5.52. The number of fused-ring (bicyclic) bond motifs is 1. The Bertz CT molecular complexity index is 1040. The number of likely N-dealkylation sites (tertiary alicyclic amines) is 1. The van der Waals surface area contributed by atoms with E-state index < -0.39 is 0 Å². The smallest absolute Gasteiger partial charge is 0.222 e. The maximum atomic E-state index is 11.2. The number of nitrogens with two attached hydrogens (primary N) is 1. The Morgan fingerprint density at radius 3 is 2.36 bits per heavy atom. The number of hydrogen-bond donors (Lipinski definition) is 1. The number of anilines is 1. The average Bonchev–Trinajstić information content (AvgIpc) is 3.67. The van der Waals surface area contributed by atoms with Crippen molar-refractivity contribution in [1.82, 2.24) is 9.80 Å². The molecule has 7 heteroatoms. The molecule has 3 heterocycles. The molecule has 0 aromatic heterocycles. The molecule has 0 bridgehead atoms. The minimum absolute atomic E-state index is 0.0127. The molecule has 1 atom stereocenters. The molecule has 7 nitrogen and oxygen atoms in total. The fraction of sp³-hybridized carbons (Fsp3) is 0.594. The Kier molecular flexibility index (Phi) is 12.4. The average molecular weight is 539 g/mol. The highest BCUT2D eigenvalue weighted by Gasteiger charge is 2.27. The fourth-order valence-corrected chi connectivity index (χ4v) is 5.66. The van der Waals surface area contributed by atoms with E-state index in [2.05, 4.69) is 52.1 Å². The number of methoxy groups -OCH3 is 2. The van der Waals surface area contributed by atoms with Crippen LogP contribution in [0.4, 0.5) is 5.69 Å². The number of nitrogens with zero attached hydrogens (tertiary/aromatic N) is 3. The second kappa shape index (κ2) is 15.7. The third-order valence-electron chi connectivity index (χ3n) is 7.94. The van der Waals surface area contributed by atoms with Gasteiger partial charge in [-0.1, -0.05) is 26.0 Å². The van der Waals surface area contributed by atoms with Crippen LogP contribution in [0.1, 0.15) is 56.2 Å². The number of hydrogen-bond acceptors (Lipinski definition) is 6. The third kappa shape index (κ3) is 8.87. The maximum Gasteiger partial charge on any atom is 0.222 e. The van der Waals surface area contributed by atoms with Gasteiger partial charge >= 0.3 is 0 Å². The Hall–Kier alpha value is -2.77. The summed E-state index contributed by atoms with van der Waals surface area (Å²) >= 11 is 0. The number of amides is 1. The zero-order chi connectivity index (χ0) is 28.2. The van der Waals surface area contributed by atoms with Gasteiger partial charge in [-0.05, 0) is 106 Å². The van der Waals surface area contributed by atoms with E-state index in [1.807, 2.05) is 19.9 Å². The molecule has 0 saturated carbocycles. The number of carbonyl (C=O) groups excluding carboxylic acids is 1. The molecular weight excluding hydrogens is 488 g/mol. The largest absolute Gasteiger partial charge is 0.493 e. The summed E-state index contributed by atoms with van der Waals surface area (Å²) in [6.07, 6.45) is 7.08. The molecule has 0 radical (unpaired) electrons. The Morgan fingerprint density at radius 2 is 1.69 bits per heavy atom. The van der Waals surface area contributed by atoms with Crippen molar-refractivity contribution in [2.45, 2.75) is 58.9 Å². The first kappa shape index (κ1) is 30.8. The lowest BCUT2D eigenvalue weighted by Gasteiger charge is -2.27. The highest BCUT2D eigenvalue weighted by Crippen LogP contribution is 2.29. The monoisotopic (exact) mass is 538 g/mol. The molecule has 5 rings (SSSR count). The van der Waals surface area contributed by atoms with Crippen LogP contribution >= 0.6 is 0 Å². The quantitative estimate of drug-likeness (QED) is 0.523. The molecular formula is C32H50N4O3. The molecule has 2 fully saturated rings. The Labute approximate surface area is 236 Å². The van der Waals surface area contributed by atoms with Crippen molar-refractivity contribution in [3.05, 3.63) is 53.1 Å². The van der Waals surface area contributed by atoms with Gasteiger partial charge in [-0.3, -0.25) is 4.79 Å². The molecule has 216 valence electrons. The van der Waals surface area contributed by atoms with Crippen molar-refractivity contribution in [3.8, 4) is 11.5 Å². The van der Waals surface area contributed by atoms with E-state index in [0.717, 1.165) is 56.9 Å². The molecule has 3 aliphatic heterocycles. The fourth-order valence-electron chi connectivity index (χ4n) is 5.66. The van der Waals surface area contributed by atoms with E-state index in [9.17, 15) is 4.79 Å². The third-order valence-corrected chi connectivity index (χ3v) is 7.94. The molecule has 39 heavy (non-hydrogen) atoms. The molecule has 0 spiro atoms. The van der Waals surface area contributed by atoms with Gasteiger partial charge in [0.2, 0.25) is 5.91 Å². The van der Waals surface area contributed by atoms with Crippen LogP contribution < -0.4 is 20.1 Å². The van der Waals surface area contributed by atoms with Gasteiger partial charge in [0.25, 0.3) is 0 Å². The van der Waals surface area contributed by atoms with Crippen LogP contribution in [0, 0.1) is 5.92 Å². The van der Waals surface area contributed by atoms with E-state index in [1.165, 1.54) is 61.3 Å². The number of rotatable bonds is 8. The molecule has 1 unspecified atom stereocenters. The summed E-state index contributed by atoms with van der Waals surface area (Å²) in [6.45, 7) is 11.6. The van der Waals surface area contributed by atoms with Crippen LogP contribution in [0.25, 0.3) is 0 Å². The normalized spacial score (nSPS) is 18.9. The van der Waals surface area contributed by atoms with Crippen molar-refractivity contribution in [3.63, 3.8) is 0 Å². The van der Waals surface area contributed by atoms with E-state index in [1.54, 1.807) is 14.2 Å². The van der Waals surface area contributed by atoms with Crippen molar-refractivity contribution >= 4 is 11.6 Å². The number of benzene rings is 2. The van der Waals surface area contributed by atoms with Crippen molar-refractivity contribution in [2.24, 2.45) is 11.7 Å². The first-order chi connectivity index (χ1) is 19.0. The van der Waals surface area contributed by atoms with Gasteiger partial charge in [0.1, 0.15) is 0 Å². The minimum Gasteiger partial charge on any atom is -0.493 e. The molecule has 3 aliphatic rings. The summed E-state index contributed by atoms with van der Waals surface area (Å²) in [5, 5.41) is 0. The SMILES string of the molecule is CC.CN1CCc2ccc(N3CCC(C(N)=O)C3)cc2C1.COc1ccc(CCCN2CCCC2)cc1OC. The lowest BCUT2D eigenvalue weighted by molar-refractivity contribution is -0.121. The second-order valence-corrected chi connectivity index (χ2v) is 10.6. The lowest BCUT2D eigenvalue weighted by Crippen LogP contribution is -2.28. The molecule has 2 aromatic carbocycles. The van der Waals surface area contributed by atoms with Gasteiger partial charge < -0.3 is 29.9 Å². The van der Waals surface area contributed by atoms with E-state index in [4.69, 9.17) is 15.2 Å². The summed E-state index contributed by atoms with van der Waals surface area (Å²) < 4.78 is 10.6. The minimum atomic E-state index is -0.166. The lowest BCUT2D eigenvalue weighted by atomic mass is 9.99. The summed E-state index contributed by atoms with van der Waals surface area (Å²) in [5.41, 5.74) is 10.8. The van der Waals surface area contributed by atoms with E-state index in [-0.39, 0.29) is 11.8 Å². The van der Waals surface area contributed by atoms with Crippen molar-refractivity contribution in [2.75, 3.05) is 65.4 Å². The first-order valence-corrected chi connectivity index (χ1v) is 14.7. The number of ether oxygens (including phenoxy) is 2. The highest BCUT2D eigenvalue weighted by molar-refractivity contribution is 5.78. The van der Waals surface area contributed by atoms with Crippen molar-refractivity contribution in [1.29, 1.82) is 0 Å². The predicted octanol–water partition coefficient (Wildman–Crippen LogP) is 4.74. The zero-order valence-corrected chi connectivity index (χ0v) is 24.9. The Morgan fingerprint density at radius 1 is 0.949 bits per heavy atom. The van der Waals surface area contributed by atoms with E-state index in [0.29, 0.717) is 0 Å². The summed E-state index contributed by atoms with van der Waals surface area (Å²) in [5.74, 6) is 1.48. The predicted molar refractivity (Wildman–Crippen MR) is 161 cm³/mol. The zero-order valence-electron chi connectivity index (χ0n) is 24.9. The number of aryl methyl sites for hydroxylation is 1. The standard InChI is InChI=1S/C15H21N3O.C15H23NO2.C2H6/c1-17-6-4-11-2-3-14(8-13(11)9-17)18-7-5-12(10-18)15(16)19;1-17-14-8-7-13(12-15(14)18-2)6-5-11-16-9-3-4-10-16;1-2/h2-3,8,12H,4-7,9-10H2,1H3,(H2,16,19);7-8,12H,3-6,9-11H2,1-2H3;1-2H3. The highest BCUT2D eigenvalue weighted by atomic mass is 16.5. The second-order valence-electron chi connectivity index (χ2n) is 10.6. The van der Waals surface area contributed by atoms with Crippen LogP contribution in [0.3, 0.4) is 0 Å². The maximum absolute atomic E-state index is 11.2. The van der Waals surface area contributed by atoms with Crippen LogP contribution in [-0.4, -0.2) is 76.2 Å². The summed E-state index contributed by atoms with van der Waals surface area (Å²) in [4.78, 5) is 18.4. The van der Waals surface area contributed by atoms with Gasteiger partial charge in [0.15, 0.2) is 11.5 Å². The van der Waals surface area contributed by atoms with Gasteiger partial charge in [0, 0.05) is 31.9 Å². The van der Waals surface area contributed by atoms with Crippen molar-refractivity contribution < 1.29 is 14.3 Å². The Balaban J connectivity index is 0.000000203. The van der Waals surface area contributed by atoms with Gasteiger partial charge in [-0.15, -0.1) is 0 Å². The van der Waals surface area contributed by atoms with Crippen LogP contribution in [0.2, 0.25) is 0 Å².